The van der Waals surface area contributed by atoms with Gasteiger partial charge in [0.05, 0.1) is 12.7 Å². The monoisotopic (exact) mass is 286 g/mol. The Kier molecular flexibility index (Phi) is 4.88. The van der Waals surface area contributed by atoms with Gasteiger partial charge in [-0.3, -0.25) is 0 Å². The molecule has 116 valence electrons. The Hall–Kier alpha value is -0.850. The lowest BCUT2D eigenvalue weighted by Crippen LogP contribution is -2.36. The lowest BCUT2D eigenvalue weighted by molar-refractivity contribution is 0.0214. The summed E-state index contributed by atoms with van der Waals surface area (Å²) < 4.78 is 11.2. The molecule has 3 atom stereocenters. The summed E-state index contributed by atoms with van der Waals surface area (Å²) in [6.45, 7) is 8.16. The van der Waals surface area contributed by atoms with Gasteiger partial charge in [-0.25, -0.2) is 10.7 Å². The normalized spacial score (nSPS) is 30.8. The number of likely N-dealkylation sites (tertiary alicyclic amines) is 1. The molecule has 0 saturated carbocycles. The highest BCUT2D eigenvalue weighted by molar-refractivity contribution is 5.68. The van der Waals surface area contributed by atoms with Gasteiger partial charge in [-0.05, 0) is 33.6 Å². The molecule has 2 aliphatic rings. The third kappa shape index (κ3) is 3.84. The van der Waals surface area contributed by atoms with Gasteiger partial charge in [-0.1, -0.05) is 0 Å². The van der Waals surface area contributed by atoms with Crippen LogP contribution in [0.5, 0.6) is 0 Å². The van der Waals surface area contributed by atoms with Crippen molar-refractivity contribution in [3.8, 4) is 0 Å². The smallest absolute Gasteiger partial charge is 0.410 e. The zero-order valence-electron chi connectivity index (χ0n) is 12.6. The summed E-state index contributed by atoms with van der Waals surface area (Å²) >= 11 is 0. The second kappa shape index (κ2) is 6.28. The highest BCUT2D eigenvalue weighted by Crippen LogP contribution is 2.33. The molecule has 6 nitrogen and oxygen atoms in total. The quantitative estimate of drug-likeness (QED) is 0.797. The Balaban J connectivity index is 1.97. The van der Waals surface area contributed by atoms with E-state index in [0.717, 1.165) is 19.4 Å². The van der Waals surface area contributed by atoms with Crippen molar-refractivity contribution in [1.29, 1.82) is 0 Å². The summed E-state index contributed by atoms with van der Waals surface area (Å²) in [5, 5.41) is 0. The summed E-state index contributed by atoms with van der Waals surface area (Å²) in [5.74, 6) is 5.72. The number of amides is 1. The van der Waals surface area contributed by atoms with Crippen LogP contribution in [0.25, 0.3) is 0 Å². The van der Waals surface area contributed by atoms with Gasteiger partial charge < -0.3 is 19.2 Å². The number of rotatable bonds is 3. The second-order valence-corrected chi connectivity index (χ2v) is 6.69. The molecule has 0 aromatic rings. The molecule has 0 aliphatic carbocycles. The SMILES string of the molecule is CC(C)(C)OC(=O)N1CC(CON)C(C2CCCO2)C1. The van der Waals surface area contributed by atoms with Crippen molar-refractivity contribution in [3.63, 3.8) is 0 Å². The lowest BCUT2D eigenvalue weighted by Gasteiger charge is -2.25. The minimum Gasteiger partial charge on any atom is -0.444 e. The fourth-order valence-corrected chi connectivity index (χ4v) is 3.03. The molecule has 0 aromatic heterocycles. The van der Waals surface area contributed by atoms with E-state index in [1.54, 1.807) is 4.90 Å². The first-order chi connectivity index (χ1) is 9.40. The molecule has 6 heteroatoms. The van der Waals surface area contributed by atoms with E-state index < -0.39 is 5.60 Å². The lowest BCUT2D eigenvalue weighted by atomic mass is 9.90. The zero-order chi connectivity index (χ0) is 14.8. The van der Waals surface area contributed by atoms with E-state index in [2.05, 4.69) is 0 Å². The molecule has 0 spiro atoms. The van der Waals surface area contributed by atoms with Gasteiger partial charge in [0.25, 0.3) is 0 Å². The van der Waals surface area contributed by atoms with E-state index in [1.807, 2.05) is 20.8 Å². The van der Waals surface area contributed by atoms with E-state index in [4.69, 9.17) is 20.2 Å². The molecule has 2 fully saturated rings. The average molecular weight is 286 g/mol. The Labute approximate surface area is 120 Å². The number of carbonyl (C=O) groups is 1. The maximum atomic E-state index is 12.2. The number of carbonyl (C=O) groups excluding carboxylic acids is 1. The largest absolute Gasteiger partial charge is 0.444 e. The third-order valence-electron chi connectivity index (χ3n) is 3.90. The highest BCUT2D eigenvalue weighted by atomic mass is 16.6. The second-order valence-electron chi connectivity index (χ2n) is 6.69. The topological polar surface area (TPSA) is 74.0 Å². The molecule has 0 bridgehead atoms. The molecule has 0 radical (unpaired) electrons. The molecule has 2 heterocycles. The molecule has 3 unspecified atom stereocenters. The van der Waals surface area contributed by atoms with Crippen LogP contribution in [0.1, 0.15) is 33.6 Å². The first kappa shape index (κ1) is 15.5. The minimum atomic E-state index is -0.473. The molecular weight excluding hydrogens is 260 g/mol. The van der Waals surface area contributed by atoms with Gasteiger partial charge in [-0.15, -0.1) is 0 Å². The molecule has 2 saturated heterocycles. The average Bonchev–Trinajstić information content (AvgIpc) is 2.94. The molecule has 2 aliphatic heterocycles. The van der Waals surface area contributed by atoms with Crippen LogP contribution in [-0.2, 0) is 14.3 Å². The van der Waals surface area contributed by atoms with Crippen molar-refractivity contribution in [2.45, 2.75) is 45.3 Å². The fraction of sp³-hybridized carbons (Fsp3) is 0.929. The fourth-order valence-electron chi connectivity index (χ4n) is 3.03. The molecule has 1 amide bonds. The van der Waals surface area contributed by atoms with Crippen molar-refractivity contribution >= 4 is 6.09 Å². The van der Waals surface area contributed by atoms with Crippen LogP contribution in [-0.4, -0.2) is 49.0 Å². The van der Waals surface area contributed by atoms with E-state index in [-0.39, 0.29) is 24.0 Å². The van der Waals surface area contributed by atoms with E-state index in [9.17, 15) is 4.79 Å². The van der Waals surface area contributed by atoms with Crippen molar-refractivity contribution in [3.05, 3.63) is 0 Å². The van der Waals surface area contributed by atoms with Crippen molar-refractivity contribution < 1.29 is 19.1 Å². The van der Waals surface area contributed by atoms with Gasteiger partial charge in [-0.2, -0.15) is 0 Å². The Morgan fingerprint density at radius 3 is 2.70 bits per heavy atom. The molecule has 20 heavy (non-hydrogen) atoms. The predicted octanol–water partition coefficient (Wildman–Crippen LogP) is 1.54. The van der Waals surface area contributed by atoms with Crippen LogP contribution < -0.4 is 5.90 Å². The van der Waals surface area contributed by atoms with Crippen LogP contribution in [0.15, 0.2) is 0 Å². The first-order valence-electron chi connectivity index (χ1n) is 7.32. The summed E-state index contributed by atoms with van der Waals surface area (Å²) in [5.41, 5.74) is -0.473. The maximum Gasteiger partial charge on any atom is 0.410 e. The van der Waals surface area contributed by atoms with Crippen LogP contribution >= 0.6 is 0 Å². The third-order valence-corrected chi connectivity index (χ3v) is 3.90. The van der Waals surface area contributed by atoms with E-state index in [0.29, 0.717) is 19.7 Å². The van der Waals surface area contributed by atoms with Crippen LogP contribution in [0.4, 0.5) is 4.79 Å². The number of nitrogens with two attached hydrogens (primary N) is 1. The van der Waals surface area contributed by atoms with E-state index >= 15 is 0 Å². The van der Waals surface area contributed by atoms with Gasteiger partial charge >= 0.3 is 6.09 Å². The minimum absolute atomic E-state index is 0.211. The molecule has 2 rings (SSSR count). The molecule has 0 aromatic carbocycles. The van der Waals surface area contributed by atoms with Crippen LogP contribution in [0, 0.1) is 11.8 Å². The van der Waals surface area contributed by atoms with Gasteiger partial charge in [0.15, 0.2) is 0 Å². The van der Waals surface area contributed by atoms with Crippen molar-refractivity contribution in [1.82, 2.24) is 4.90 Å². The number of ether oxygens (including phenoxy) is 2. The maximum absolute atomic E-state index is 12.2. The number of hydrogen-bond donors (Lipinski definition) is 1. The van der Waals surface area contributed by atoms with Crippen LogP contribution in [0.3, 0.4) is 0 Å². The standard InChI is InChI=1S/C14H26N2O4/c1-14(2,3)20-13(17)16-7-10(9-19-15)11(8-16)12-5-4-6-18-12/h10-12H,4-9,15H2,1-3H3. The van der Waals surface area contributed by atoms with Gasteiger partial charge in [0.2, 0.25) is 0 Å². The zero-order valence-corrected chi connectivity index (χ0v) is 12.6. The van der Waals surface area contributed by atoms with E-state index in [1.165, 1.54) is 0 Å². The van der Waals surface area contributed by atoms with Gasteiger partial charge in [0.1, 0.15) is 5.60 Å². The Morgan fingerprint density at radius 2 is 2.15 bits per heavy atom. The predicted molar refractivity (Wildman–Crippen MR) is 73.9 cm³/mol. The summed E-state index contributed by atoms with van der Waals surface area (Å²) in [7, 11) is 0. The Bertz CT molecular complexity index is 337. The summed E-state index contributed by atoms with van der Waals surface area (Å²) in [6, 6.07) is 0. The summed E-state index contributed by atoms with van der Waals surface area (Å²) in [6.07, 6.45) is 2.08. The van der Waals surface area contributed by atoms with Crippen molar-refractivity contribution in [2.75, 3.05) is 26.3 Å². The van der Waals surface area contributed by atoms with Crippen molar-refractivity contribution in [2.24, 2.45) is 17.7 Å². The Morgan fingerprint density at radius 1 is 1.40 bits per heavy atom. The van der Waals surface area contributed by atoms with Gasteiger partial charge in [0, 0.05) is 31.5 Å². The number of hydrogen-bond acceptors (Lipinski definition) is 5. The first-order valence-corrected chi connectivity index (χ1v) is 7.32. The number of nitrogens with zero attached hydrogens (tertiary/aromatic N) is 1. The van der Waals surface area contributed by atoms with Crippen LogP contribution in [0.2, 0.25) is 0 Å². The highest BCUT2D eigenvalue weighted by Gasteiger charge is 2.42. The summed E-state index contributed by atoms with van der Waals surface area (Å²) in [4.78, 5) is 18.7. The molecule has 2 N–H and O–H groups in total. The molecular formula is C14H26N2O4.